The summed E-state index contributed by atoms with van der Waals surface area (Å²) in [7, 11) is 5.52. The Morgan fingerprint density at radius 1 is 1.48 bits per heavy atom. The molecule has 1 unspecified atom stereocenters. The second kappa shape index (κ2) is 7.20. The molecule has 0 radical (unpaired) electrons. The van der Waals surface area contributed by atoms with Crippen molar-refractivity contribution in [3.05, 3.63) is 29.6 Å². The lowest BCUT2D eigenvalue weighted by Gasteiger charge is -2.32. The molecule has 1 saturated heterocycles. The number of hydrogen-bond donors (Lipinski definition) is 1. The van der Waals surface area contributed by atoms with Crippen LogP contribution in [0.1, 0.15) is 12.0 Å². The zero-order chi connectivity index (χ0) is 15.3. The summed E-state index contributed by atoms with van der Waals surface area (Å²) in [5, 5.41) is 3.26. The zero-order valence-corrected chi connectivity index (χ0v) is 13.1. The van der Waals surface area contributed by atoms with Crippen LogP contribution < -0.4 is 10.1 Å². The van der Waals surface area contributed by atoms with E-state index < -0.39 is 0 Å². The molecule has 1 aliphatic rings. The van der Waals surface area contributed by atoms with E-state index in [1.165, 1.54) is 7.11 Å². The van der Waals surface area contributed by atoms with E-state index in [0.717, 1.165) is 38.3 Å². The molecule has 0 aliphatic carbocycles. The van der Waals surface area contributed by atoms with Gasteiger partial charge in [-0.15, -0.1) is 0 Å². The van der Waals surface area contributed by atoms with Gasteiger partial charge in [0.05, 0.1) is 13.7 Å². The van der Waals surface area contributed by atoms with Gasteiger partial charge < -0.3 is 19.7 Å². The minimum Gasteiger partial charge on any atom is -0.494 e. The van der Waals surface area contributed by atoms with E-state index in [2.05, 4.69) is 17.3 Å². The van der Waals surface area contributed by atoms with E-state index in [1.807, 2.05) is 13.1 Å². The summed E-state index contributed by atoms with van der Waals surface area (Å²) < 4.78 is 24.2. The van der Waals surface area contributed by atoms with Gasteiger partial charge in [0.25, 0.3) is 0 Å². The van der Waals surface area contributed by atoms with Crippen molar-refractivity contribution in [3.8, 4) is 5.75 Å². The molecular weight excluding hydrogens is 271 g/mol. The molecule has 0 spiro atoms. The largest absolute Gasteiger partial charge is 0.494 e. The molecule has 2 rings (SSSR count). The molecule has 0 bridgehead atoms. The van der Waals surface area contributed by atoms with E-state index >= 15 is 0 Å². The molecule has 1 aromatic carbocycles. The number of nitrogens with one attached hydrogen (secondary N) is 1. The van der Waals surface area contributed by atoms with Crippen molar-refractivity contribution in [2.75, 3.05) is 47.5 Å². The van der Waals surface area contributed by atoms with Gasteiger partial charge in [0.2, 0.25) is 0 Å². The van der Waals surface area contributed by atoms with E-state index in [9.17, 15) is 4.39 Å². The summed E-state index contributed by atoms with van der Waals surface area (Å²) in [5.41, 5.74) is 1.11. The Bertz CT molecular complexity index is 462. The number of ether oxygens (including phenoxy) is 2. The van der Waals surface area contributed by atoms with Crippen LogP contribution >= 0.6 is 0 Å². The molecule has 5 heteroatoms. The molecule has 1 aromatic rings. The van der Waals surface area contributed by atoms with Crippen molar-refractivity contribution in [2.45, 2.75) is 13.0 Å². The number of hydrogen-bond acceptors (Lipinski definition) is 4. The van der Waals surface area contributed by atoms with Gasteiger partial charge in [-0.05, 0) is 38.2 Å². The summed E-state index contributed by atoms with van der Waals surface area (Å²) in [6.07, 6.45) is 1.06. The standard InChI is InChI=1S/C16H25FN2O2/c1-18-10-16(6-7-21-12-16)11-19(2)9-13-4-5-15(20-3)14(17)8-13/h4-5,8,18H,6-7,9-12H2,1-3H3. The summed E-state index contributed by atoms with van der Waals surface area (Å²) in [6.45, 7) is 4.20. The number of nitrogens with zero attached hydrogens (tertiary/aromatic N) is 1. The van der Waals surface area contributed by atoms with Crippen molar-refractivity contribution >= 4 is 0 Å². The van der Waals surface area contributed by atoms with Crippen LogP contribution in [0.25, 0.3) is 0 Å². The minimum atomic E-state index is -0.308. The van der Waals surface area contributed by atoms with Crippen LogP contribution in [-0.2, 0) is 11.3 Å². The average Bonchev–Trinajstić information content (AvgIpc) is 2.87. The van der Waals surface area contributed by atoms with Crippen LogP contribution in [0.5, 0.6) is 5.75 Å². The zero-order valence-electron chi connectivity index (χ0n) is 13.1. The fraction of sp³-hybridized carbons (Fsp3) is 0.625. The highest BCUT2D eigenvalue weighted by Crippen LogP contribution is 2.29. The van der Waals surface area contributed by atoms with Crippen molar-refractivity contribution < 1.29 is 13.9 Å². The third-order valence-corrected chi connectivity index (χ3v) is 4.01. The smallest absolute Gasteiger partial charge is 0.165 e. The number of rotatable bonds is 7. The molecule has 0 aromatic heterocycles. The number of methoxy groups -OCH3 is 1. The molecule has 1 fully saturated rings. The molecule has 1 aliphatic heterocycles. The van der Waals surface area contributed by atoms with Gasteiger partial charge in [-0.1, -0.05) is 6.07 Å². The van der Waals surface area contributed by atoms with Gasteiger partial charge in [-0.25, -0.2) is 4.39 Å². The average molecular weight is 296 g/mol. The van der Waals surface area contributed by atoms with E-state index in [0.29, 0.717) is 6.54 Å². The van der Waals surface area contributed by atoms with Crippen molar-refractivity contribution in [2.24, 2.45) is 5.41 Å². The molecule has 0 saturated carbocycles. The Morgan fingerprint density at radius 2 is 2.29 bits per heavy atom. The maximum atomic E-state index is 13.7. The molecule has 0 amide bonds. The van der Waals surface area contributed by atoms with Crippen LogP contribution in [0.4, 0.5) is 4.39 Å². The second-order valence-electron chi connectivity index (χ2n) is 5.97. The topological polar surface area (TPSA) is 33.7 Å². The van der Waals surface area contributed by atoms with Crippen LogP contribution in [0.3, 0.4) is 0 Å². The molecule has 1 atom stereocenters. The van der Waals surface area contributed by atoms with E-state index in [4.69, 9.17) is 9.47 Å². The van der Waals surface area contributed by atoms with Crippen LogP contribution in [0, 0.1) is 11.2 Å². The summed E-state index contributed by atoms with van der Waals surface area (Å²) >= 11 is 0. The SMILES string of the molecule is CNCC1(CN(C)Cc2ccc(OC)c(F)c2)CCOC1. The first-order chi connectivity index (χ1) is 10.1. The van der Waals surface area contributed by atoms with Crippen molar-refractivity contribution in [3.63, 3.8) is 0 Å². The van der Waals surface area contributed by atoms with Gasteiger partial charge >= 0.3 is 0 Å². The highest BCUT2D eigenvalue weighted by Gasteiger charge is 2.35. The molecule has 118 valence electrons. The van der Waals surface area contributed by atoms with Crippen molar-refractivity contribution in [1.29, 1.82) is 0 Å². The van der Waals surface area contributed by atoms with Gasteiger partial charge in [-0.2, -0.15) is 0 Å². The van der Waals surface area contributed by atoms with E-state index in [-0.39, 0.29) is 17.0 Å². The van der Waals surface area contributed by atoms with Gasteiger partial charge in [-0.3, -0.25) is 0 Å². The molecule has 1 heterocycles. The van der Waals surface area contributed by atoms with Crippen LogP contribution in [0.15, 0.2) is 18.2 Å². The van der Waals surface area contributed by atoms with E-state index in [1.54, 1.807) is 12.1 Å². The predicted molar refractivity (Wildman–Crippen MR) is 81.1 cm³/mol. The Hall–Kier alpha value is -1.17. The first-order valence-electron chi connectivity index (χ1n) is 7.32. The second-order valence-corrected chi connectivity index (χ2v) is 5.97. The third-order valence-electron chi connectivity index (χ3n) is 4.01. The Morgan fingerprint density at radius 3 is 2.86 bits per heavy atom. The maximum Gasteiger partial charge on any atom is 0.165 e. The Labute approximate surface area is 126 Å². The Balaban J connectivity index is 1.97. The number of benzene rings is 1. The third kappa shape index (κ3) is 4.15. The first kappa shape index (κ1) is 16.2. The maximum absolute atomic E-state index is 13.7. The minimum absolute atomic E-state index is 0.161. The van der Waals surface area contributed by atoms with Gasteiger partial charge in [0, 0.05) is 31.7 Å². The van der Waals surface area contributed by atoms with Crippen LogP contribution in [-0.4, -0.2) is 52.4 Å². The summed E-state index contributed by atoms with van der Waals surface area (Å²) in [5.74, 6) is -0.0187. The number of halogens is 1. The van der Waals surface area contributed by atoms with Gasteiger partial charge in [0.1, 0.15) is 0 Å². The lowest BCUT2D eigenvalue weighted by molar-refractivity contribution is 0.118. The molecular formula is C16H25FN2O2. The summed E-state index contributed by atoms with van der Waals surface area (Å²) in [4.78, 5) is 2.23. The molecule has 21 heavy (non-hydrogen) atoms. The fourth-order valence-corrected chi connectivity index (χ4v) is 3.09. The Kier molecular flexibility index (Phi) is 5.56. The lowest BCUT2D eigenvalue weighted by Crippen LogP contribution is -2.42. The molecule has 4 nitrogen and oxygen atoms in total. The normalized spacial score (nSPS) is 22.0. The highest BCUT2D eigenvalue weighted by molar-refractivity contribution is 5.29. The van der Waals surface area contributed by atoms with Crippen molar-refractivity contribution in [1.82, 2.24) is 10.2 Å². The lowest BCUT2D eigenvalue weighted by atomic mass is 9.86. The highest BCUT2D eigenvalue weighted by atomic mass is 19.1. The predicted octanol–water partition coefficient (Wildman–Crippen LogP) is 1.89. The first-order valence-corrected chi connectivity index (χ1v) is 7.32. The monoisotopic (exact) mass is 296 g/mol. The molecule has 1 N–H and O–H groups in total. The summed E-state index contributed by atoms with van der Waals surface area (Å²) in [6, 6.07) is 5.14. The fourth-order valence-electron chi connectivity index (χ4n) is 3.09. The quantitative estimate of drug-likeness (QED) is 0.833. The van der Waals surface area contributed by atoms with Gasteiger partial charge in [0.15, 0.2) is 11.6 Å². The van der Waals surface area contributed by atoms with Crippen LogP contribution in [0.2, 0.25) is 0 Å².